The van der Waals surface area contributed by atoms with Gasteiger partial charge in [0.05, 0.1) is 4.90 Å². The molecule has 0 saturated carbocycles. The number of hydrogen-bond acceptors (Lipinski definition) is 2. The molecule has 1 N–H and O–H groups in total. The van der Waals surface area contributed by atoms with Gasteiger partial charge in [-0.3, -0.25) is 0 Å². The molecule has 0 heterocycles. The normalized spacial score (nSPS) is 11.5. The molecule has 0 fully saturated rings. The highest BCUT2D eigenvalue weighted by Gasteiger charge is 2.13. The van der Waals surface area contributed by atoms with Gasteiger partial charge in [0.2, 0.25) is 10.0 Å². The Morgan fingerprint density at radius 2 is 1.52 bits per heavy atom. The lowest BCUT2D eigenvalue weighted by molar-refractivity contribution is 0.581. The molecule has 0 aliphatic heterocycles. The summed E-state index contributed by atoms with van der Waals surface area (Å²) in [5.41, 5.74) is 2.08. The van der Waals surface area contributed by atoms with Crippen molar-refractivity contribution in [2.75, 3.05) is 0 Å². The van der Waals surface area contributed by atoms with E-state index in [2.05, 4.69) is 27.6 Å². The fourth-order valence-corrected chi connectivity index (χ4v) is 3.27. The Hall–Kier alpha value is -1.17. The van der Waals surface area contributed by atoms with E-state index in [-0.39, 0.29) is 6.54 Å². The van der Waals surface area contributed by atoms with Crippen molar-refractivity contribution in [3.63, 3.8) is 0 Å². The zero-order valence-electron chi connectivity index (χ0n) is 11.8. The summed E-state index contributed by atoms with van der Waals surface area (Å²) in [7, 11) is -3.46. The Balaban J connectivity index is 2.05. The number of rotatable bonds is 6. The van der Waals surface area contributed by atoms with E-state index in [0.717, 1.165) is 28.4 Å². The van der Waals surface area contributed by atoms with Crippen molar-refractivity contribution in [2.24, 2.45) is 0 Å². The minimum absolute atomic E-state index is 0.284. The van der Waals surface area contributed by atoms with Gasteiger partial charge in [0.15, 0.2) is 0 Å². The van der Waals surface area contributed by atoms with Gasteiger partial charge in [-0.15, -0.1) is 0 Å². The van der Waals surface area contributed by atoms with Gasteiger partial charge in [0.1, 0.15) is 0 Å². The standard InChI is InChI=1S/C16H18BrNO2S/c1-2-3-13-6-10-16(11-7-13)21(19,20)18-12-14-4-8-15(17)9-5-14/h4-11,18H,2-3,12H2,1H3. The van der Waals surface area contributed by atoms with Crippen LogP contribution in [-0.2, 0) is 23.0 Å². The lowest BCUT2D eigenvalue weighted by Gasteiger charge is -2.08. The summed E-state index contributed by atoms with van der Waals surface area (Å²) in [4.78, 5) is 0.305. The average Bonchev–Trinajstić information content (AvgIpc) is 2.48. The van der Waals surface area contributed by atoms with Crippen LogP contribution in [0.5, 0.6) is 0 Å². The molecule has 0 bridgehead atoms. The van der Waals surface area contributed by atoms with Crippen molar-refractivity contribution in [1.29, 1.82) is 0 Å². The zero-order valence-corrected chi connectivity index (χ0v) is 14.2. The fourth-order valence-electron chi connectivity index (χ4n) is 1.99. The zero-order chi connectivity index (χ0) is 15.3. The Morgan fingerprint density at radius 1 is 0.952 bits per heavy atom. The molecular formula is C16H18BrNO2S. The van der Waals surface area contributed by atoms with E-state index in [9.17, 15) is 8.42 Å². The van der Waals surface area contributed by atoms with Gasteiger partial charge >= 0.3 is 0 Å². The van der Waals surface area contributed by atoms with E-state index in [4.69, 9.17) is 0 Å². The fraction of sp³-hybridized carbons (Fsp3) is 0.250. The van der Waals surface area contributed by atoms with Crippen LogP contribution in [-0.4, -0.2) is 8.42 Å². The Bertz CT molecular complexity index is 679. The van der Waals surface area contributed by atoms with E-state index >= 15 is 0 Å². The summed E-state index contributed by atoms with van der Waals surface area (Å²) in [6, 6.07) is 14.6. The summed E-state index contributed by atoms with van der Waals surface area (Å²) in [6.45, 7) is 2.39. The predicted molar refractivity (Wildman–Crippen MR) is 88.6 cm³/mol. The van der Waals surface area contributed by atoms with Crippen LogP contribution in [0.2, 0.25) is 0 Å². The highest BCUT2D eigenvalue weighted by atomic mass is 79.9. The van der Waals surface area contributed by atoms with Crippen molar-refractivity contribution < 1.29 is 8.42 Å². The molecule has 112 valence electrons. The lowest BCUT2D eigenvalue weighted by atomic mass is 10.1. The molecule has 2 aromatic rings. The van der Waals surface area contributed by atoms with E-state index in [1.807, 2.05) is 36.4 Å². The third-order valence-electron chi connectivity index (χ3n) is 3.15. The molecular weight excluding hydrogens is 350 g/mol. The quantitative estimate of drug-likeness (QED) is 0.841. The molecule has 0 radical (unpaired) electrons. The molecule has 2 aromatic carbocycles. The Kier molecular flexibility index (Phi) is 5.56. The summed E-state index contributed by atoms with van der Waals surface area (Å²) < 4.78 is 28.0. The second-order valence-electron chi connectivity index (χ2n) is 4.84. The van der Waals surface area contributed by atoms with Crippen LogP contribution < -0.4 is 4.72 Å². The van der Waals surface area contributed by atoms with Crippen molar-refractivity contribution in [1.82, 2.24) is 4.72 Å². The first-order chi connectivity index (χ1) is 10.0. The Morgan fingerprint density at radius 3 is 2.10 bits per heavy atom. The number of aryl methyl sites for hydroxylation is 1. The van der Waals surface area contributed by atoms with Gasteiger partial charge in [0.25, 0.3) is 0 Å². The molecule has 0 spiro atoms. The average molecular weight is 368 g/mol. The van der Waals surface area contributed by atoms with E-state index < -0.39 is 10.0 Å². The third-order valence-corrected chi connectivity index (χ3v) is 5.10. The van der Waals surface area contributed by atoms with Crippen LogP contribution in [0.15, 0.2) is 57.9 Å². The van der Waals surface area contributed by atoms with E-state index in [1.54, 1.807) is 12.1 Å². The number of halogens is 1. The molecule has 0 saturated heterocycles. The Labute approximate surface area is 134 Å². The summed E-state index contributed by atoms with van der Waals surface area (Å²) >= 11 is 3.35. The van der Waals surface area contributed by atoms with E-state index in [1.165, 1.54) is 0 Å². The first kappa shape index (κ1) is 16.2. The monoisotopic (exact) mass is 367 g/mol. The highest BCUT2D eigenvalue weighted by Crippen LogP contribution is 2.14. The highest BCUT2D eigenvalue weighted by molar-refractivity contribution is 9.10. The minimum atomic E-state index is -3.46. The SMILES string of the molecule is CCCc1ccc(S(=O)(=O)NCc2ccc(Br)cc2)cc1. The molecule has 5 heteroatoms. The third kappa shape index (κ3) is 4.66. The lowest BCUT2D eigenvalue weighted by Crippen LogP contribution is -2.23. The molecule has 0 aromatic heterocycles. The number of benzene rings is 2. The minimum Gasteiger partial charge on any atom is -0.207 e. The second-order valence-corrected chi connectivity index (χ2v) is 7.53. The van der Waals surface area contributed by atoms with Gasteiger partial charge in [-0.05, 0) is 41.8 Å². The maximum Gasteiger partial charge on any atom is 0.240 e. The first-order valence-corrected chi connectivity index (χ1v) is 9.12. The molecule has 2 rings (SSSR count). The van der Waals surface area contributed by atoms with Crippen molar-refractivity contribution in [3.8, 4) is 0 Å². The second kappa shape index (κ2) is 7.20. The van der Waals surface area contributed by atoms with Gasteiger partial charge in [0, 0.05) is 11.0 Å². The van der Waals surface area contributed by atoms with Gasteiger partial charge in [-0.25, -0.2) is 13.1 Å². The van der Waals surface area contributed by atoms with Crippen LogP contribution in [0, 0.1) is 0 Å². The van der Waals surface area contributed by atoms with Crippen LogP contribution in [0.1, 0.15) is 24.5 Å². The van der Waals surface area contributed by atoms with Gasteiger partial charge < -0.3 is 0 Å². The van der Waals surface area contributed by atoms with Crippen LogP contribution >= 0.6 is 15.9 Å². The van der Waals surface area contributed by atoms with Gasteiger partial charge in [-0.1, -0.05) is 53.5 Å². The number of nitrogens with one attached hydrogen (secondary N) is 1. The maximum atomic E-state index is 12.2. The van der Waals surface area contributed by atoms with Crippen LogP contribution in [0.4, 0.5) is 0 Å². The molecule has 0 aliphatic rings. The smallest absolute Gasteiger partial charge is 0.207 e. The van der Waals surface area contributed by atoms with Crippen molar-refractivity contribution in [3.05, 3.63) is 64.1 Å². The summed E-state index contributed by atoms with van der Waals surface area (Å²) in [5.74, 6) is 0. The van der Waals surface area contributed by atoms with Crippen molar-refractivity contribution >= 4 is 26.0 Å². The molecule has 21 heavy (non-hydrogen) atoms. The maximum absolute atomic E-state index is 12.2. The van der Waals surface area contributed by atoms with E-state index in [0.29, 0.717) is 4.90 Å². The molecule has 0 aliphatic carbocycles. The van der Waals surface area contributed by atoms with Crippen molar-refractivity contribution in [2.45, 2.75) is 31.2 Å². The number of sulfonamides is 1. The topological polar surface area (TPSA) is 46.2 Å². The predicted octanol–water partition coefficient (Wildman–Crippen LogP) is 3.88. The molecule has 3 nitrogen and oxygen atoms in total. The van der Waals surface area contributed by atoms with Crippen LogP contribution in [0.25, 0.3) is 0 Å². The van der Waals surface area contributed by atoms with Gasteiger partial charge in [-0.2, -0.15) is 0 Å². The summed E-state index contributed by atoms with van der Waals surface area (Å²) in [5, 5.41) is 0. The summed E-state index contributed by atoms with van der Waals surface area (Å²) in [6.07, 6.45) is 2.01. The first-order valence-electron chi connectivity index (χ1n) is 6.84. The van der Waals surface area contributed by atoms with Crippen LogP contribution in [0.3, 0.4) is 0 Å². The molecule has 0 atom stereocenters. The molecule has 0 unspecified atom stereocenters. The largest absolute Gasteiger partial charge is 0.240 e. The molecule has 0 amide bonds. The number of hydrogen-bond donors (Lipinski definition) is 1.